The van der Waals surface area contributed by atoms with Gasteiger partial charge in [-0.1, -0.05) is 5.16 Å². The zero-order valence-corrected chi connectivity index (χ0v) is 10.3. The molecule has 1 aromatic carbocycles. The van der Waals surface area contributed by atoms with Gasteiger partial charge >= 0.3 is 0 Å². The number of halogens is 1. The number of hydrogen-bond donors (Lipinski definition) is 2. The maximum Gasteiger partial charge on any atom is 0.243 e. The normalized spacial score (nSPS) is 12.4. The Morgan fingerprint density at radius 1 is 1.53 bits per heavy atom. The Hall–Kier alpha value is -1.99. The molecule has 1 atom stereocenters. The van der Waals surface area contributed by atoms with Crippen LogP contribution in [-0.4, -0.2) is 29.0 Å². The molecule has 0 aliphatic heterocycles. The van der Waals surface area contributed by atoms with Crippen LogP contribution in [-0.2, 0) is 0 Å². The highest BCUT2D eigenvalue weighted by Crippen LogP contribution is 2.25. The molecule has 0 radical (unpaired) electrons. The largest absolute Gasteiger partial charge is 0.494 e. The highest BCUT2D eigenvalue weighted by Gasteiger charge is 2.16. The molecule has 2 aromatic rings. The number of ether oxygens (including phenoxy) is 1. The van der Waals surface area contributed by atoms with E-state index < -0.39 is 11.9 Å². The quantitative estimate of drug-likeness (QED) is 0.847. The van der Waals surface area contributed by atoms with Gasteiger partial charge in [-0.05, 0) is 24.6 Å². The highest BCUT2D eigenvalue weighted by atomic mass is 19.1. The summed E-state index contributed by atoms with van der Waals surface area (Å²) in [5.41, 5.74) is 6.30. The van der Waals surface area contributed by atoms with E-state index in [0.29, 0.717) is 17.8 Å². The molecular formula is C12H14FN3O3. The predicted molar refractivity (Wildman–Crippen MR) is 64.9 cm³/mol. The highest BCUT2D eigenvalue weighted by molar-refractivity contribution is 5.57. The Bertz CT molecular complexity index is 559. The van der Waals surface area contributed by atoms with E-state index in [-0.39, 0.29) is 18.2 Å². The van der Waals surface area contributed by atoms with E-state index in [1.54, 1.807) is 0 Å². The number of aromatic nitrogens is 2. The van der Waals surface area contributed by atoms with Crippen molar-refractivity contribution >= 4 is 0 Å². The third-order valence-corrected chi connectivity index (χ3v) is 2.61. The predicted octanol–water partition coefficient (Wildman–Crippen LogP) is 1.27. The van der Waals surface area contributed by atoms with Crippen molar-refractivity contribution in [1.29, 1.82) is 0 Å². The van der Waals surface area contributed by atoms with Crippen molar-refractivity contribution in [2.24, 2.45) is 5.73 Å². The fourth-order valence-electron chi connectivity index (χ4n) is 1.56. The number of rotatable bonds is 5. The van der Waals surface area contributed by atoms with Crippen LogP contribution in [0.2, 0.25) is 0 Å². The van der Waals surface area contributed by atoms with Crippen LogP contribution in [0.25, 0.3) is 11.4 Å². The van der Waals surface area contributed by atoms with E-state index in [0.717, 1.165) is 0 Å². The minimum Gasteiger partial charge on any atom is -0.494 e. The first-order valence-corrected chi connectivity index (χ1v) is 5.69. The summed E-state index contributed by atoms with van der Waals surface area (Å²) in [6.07, 6.45) is 0.328. The molecule has 0 fully saturated rings. The first-order chi connectivity index (χ1) is 9.15. The van der Waals surface area contributed by atoms with Crippen molar-refractivity contribution < 1.29 is 18.8 Å². The summed E-state index contributed by atoms with van der Waals surface area (Å²) in [6.45, 7) is -0.0662. The van der Waals surface area contributed by atoms with E-state index in [2.05, 4.69) is 10.1 Å². The van der Waals surface area contributed by atoms with Gasteiger partial charge in [-0.25, -0.2) is 4.39 Å². The number of aliphatic hydroxyl groups is 1. The van der Waals surface area contributed by atoms with Gasteiger partial charge in [0.25, 0.3) is 0 Å². The second-order valence-corrected chi connectivity index (χ2v) is 3.92. The van der Waals surface area contributed by atoms with Crippen LogP contribution in [0, 0.1) is 5.82 Å². The number of benzene rings is 1. The molecule has 102 valence electrons. The summed E-state index contributed by atoms with van der Waals surface area (Å²) in [4.78, 5) is 4.11. The number of aliphatic hydroxyl groups excluding tert-OH is 1. The van der Waals surface area contributed by atoms with Crippen molar-refractivity contribution in [2.75, 3.05) is 13.7 Å². The minimum absolute atomic E-state index is 0.0662. The molecule has 0 aliphatic rings. The summed E-state index contributed by atoms with van der Waals surface area (Å²) in [6, 6.07) is 3.73. The molecule has 0 saturated heterocycles. The third-order valence-electron chi connectivity index (χ3n) is 2.61. The molecule has 0 aliphatic carbocycles. The molecule has 3 N–H and O–H groups in total. The minimum atomic E-state index is -0.520. The first-order valence-electron chi connectivity index (χ1n) is 5.69. The molecule has 0 saturated carbocycles. The lowest BCUT2D eigenvalue weighted by atomic mass is 10.2. The van der Waals surface area contributed by atoms with Gasteiger partial charge in [-0.3, -0.25) is 0 Å². The Balaban J connectivity index is 2.27. The molecule has 0 amide bonds. The van der Waals surface area contributed by atoms with Crippen molar-refractivity contribution in [1.82, 2.24) is 10.1 Å². The maximum absolute atomic E-state index is 13.3. The zero-order valence-electron chi connectivity index (χ0n) is 10.3. The van der Waals surface area contributed by atoms with Gasteiger partial charge in [0.05, 0.1) is 13.2 Å². The summed E-state index contributed by atoms with van der Waals surface area (Å²) in [5.74, 6) is 0.157. The van der Waals surface area contributed by atoms with Crippen LogP contribution in [0.15, 0.2) is 22.7 Å². The molecule has 2 rings (SSSR count). The number of methoxy groups -OCH3 is 1. The molecule has 1 aromatic heterocycles. The monoisotopic (exact) mass is 267 g/mol. The maximum atomic E-state index is 13.3. The van der Waals surface area contributed by atoms with Gasteiger partial charge < -0.3 is 20.1 Å². The smallest absolute Gasteiger partial charge is 0.243 e. The molecule has 0 bridgehead atoms. The number of nitrogens with zero attached hydrogens (tertiary/aromatic N) is 2. The fraction of sp³-hybridized carbons (Fsp3) is 0.333. The van der Waals surface area contributed by atoms with Crippen molar-refractivity contribution in [3.8, 4) is 17.1 Å². The summed E-state index contributed by atoms with van der Waals surface area (Å²) < 4.78 is 23.2. The first kappa shape index (κ1) is 13.4. The third kappa shape index (κ3) is 2.88. The topological polar surface area (TPSA) is 94.4 Å². The van der Waals surface area contributed by atoms with E-state index in [1.165, 1.54) is 25.3 Å². The van der Waals surface area contributed by atoms with E-state index in [4.69, 9.17) is 20.1 Å². The second-order valence-electron chi connectivity index (χ2n) is 3.92. The molecule has 19 heavy (non-hydrogen) atoms. The second kappa shape index (κ2) is 5.77. The Kier molecular flexibility index (Phi) is 4.08. The van der Waals surface area contributed by atoms with Gasteiger partial charge in [0.2, 0.25) is 11.7 Å². The van der Waals surface area contributed by atoms with E-state index in [9.17, 15) is 4.39 Å². The Morgan fingerprint density at radius 2 is 2.32 bits per heavy atom. The lowest BCUT2D eigenvalue weighted by molar-refractivity contribution is 0.259. The van der Waals surface area contributed by atoms with Crippen molar-refractivity contribution in [3.63, 3.8) is 0 Å². The lowest BCUT2D eigenvalue weighted by Gasteiger charge is -2.03. The average Bonchev–Trinajstić information content (AvgIpc) is 2.89. The van der Waals surface area contributed by atoms with Gasteiger partial charge in [0, 0.05) is 12.2 Å². The SMILES string of the molecule is COc1cc(-c2noc(C(N)CCO)n2)ccc1F. The average molecular weight is 267 g/mol. The van der Waals surface area contributed by atoms with Crippen LogP contribution >= 0.6 is 0 Å². The fourth-order valence-corrected chi connectivity index (χ4v) is 1.56. The van der Waals surface area contributed by atoms with Gasteiger partial charge in [0.15, 0.2) is 11.6 Å². The van der Waals surface area contributed by atoms with Gasteiger partial charge in [-0.15, -0.1) is 0 Å². The van der Waals surface area contributed by atoms with Gasteiger partial charge in [0.1, 0.15) is 0 Å². The molecule has 0 spiro atoms. The summed E-state index contributed by atoms with van der Waals surface area (Å²) in [5, 5.41) is 12.6. The molecular weight excluding hydrogens is 253 g/mol. The standard InChI is InChI=1S/C12H14FN3O3/c1-18-10-6-7(2-3-8(10)13)11-15-12(19-16-11)9(14)4-5-17/h2-3,6,9,17H,4-5,14H2,1H3. The van der Waals surface area contributed by atoms with Crippen molar-refractivity contribution in [3.05, 3.63) is 29.9 Å². The van der Waals surface area contributed by atoms with Crippen LogP contribution in [0.1, 0.15) is 18.4 Å². The van der Waals surface area contributed by atoms with Crippen LogP contribution in [0.5, 0.6) is 5.75 Å². The van der Waals surface area contributed by atoms with Crippen LogP contribution < -0.4 is 10.5 Å². The van der Waals surface area contributed by atoms with Crippen molar-refractivity contribution in [2.45, 2.75) is 12.5 Å². The number of nitrogens with two attached hydrogens (primary N) is 1. The lowest BCUT2D eigenvalue weighted by Crippen LogP contribution is -2.12. The van der Waals surface area contributed by atoms with Crippen LogP contribution in [0.4, 0.5) is 4.39 Å². The summed E-state index contributed by atoms with van der Waals surface area (Å²) >= 11 is 0. The molecule has 7 heteroatoms. The molecule has 1 unspecified atom stereocenters. The molecule has 1 heterocycles. The summed E-state index contributed by atoms with van der Waals surface area (Å²) in [7, 11) is 1.38. The Labute approximate surface area is 109 Å². The number of hydrogen-bond acceptors (Lipinski definition) is 6. The Morgan fingerprint density at radius 3 is 3.00 bits per heavy atom. The van der Waals surface area contributed by atoms with Crippen LogP contribution in [0.3, 0.4) is 0 Å². The zero-order chi connectivity index (χ0) is 13.8. The van der Waals surface area contributed by atoms with E-state index in [1.807, 2.05) is 0 Å². The van der Waals surface area contributed by atoms with Gasteiger partial charge in [-0.2, -0.15) is 4.98 Å². The molecule has 6 nitrogen and oxygen atoms in total. The van der Waals surface area contributed by atoms with E-state index >= 15 is 0 Å².